The third-order valence-electron chi connectivity index (χ3n) is 2.36. The lowest BCUT2D eigenvalue weighted by Gasteiger charge is -2.09. The molecule has 0 unspecified atom stereocenters. The average molecular weight is 270 g/mol. The number of imidazole rings is 1. The highest BCUT2D eigenvalue weighted by atomic mass is 19.3. The minimum Gasteiger partial charge on any atom is -0.486 e. The fourth-order valence-electron chi connectivity index (χ4n) is 1.52. The summed E-state index contributed by atoms with van der Waals surface area (Å²) in [6.45, 7) is -2.97. The van der Waals surface area contributed by atoms with Gasteiger partial charge in [0.05, 0.1) is 0 Å². The molecule has 0 fully saturated rings. The van der Waals surface area contributed by atoms with Crippen LogP contribution in [0.3, 0.4) is 0 Å². The van der Waals surface area contributed by atoms with E-state index in [1.165, 1.54) is 12.3 Å². The van der Waals surface area contributed by atoms with Crippen LogP contribution in [0.5, 0.6) is 5.75 Å². The van der Waals surface area contributed by atoms with Crippen molar-refractivity contribution in [3.8, 4) is 5.75 Å². The Labute approximate surface area is 106 Å². The molecule has 4 nitrogen and oxygen atoms in total. The number of carbonyl (C=O) groups excluding carboxylic acids is 1. The first-order chi connectivity index (χ1) is 9.10. The standard InChI is InChI=1S/C12H9F3N2O2/c13-9-3-8(6-18)4-10(5-9)19-7-11-16-1-2-17(11)12(14)15/h1-6,12H,7H2. The minimum absolute atomic E-state index is 0.00640. The molecule has 1 aromatic heterocycles. The Kier molecular flexibility index (Phi) is 3.84. The maximum Gasteiger partial charge on any atom is 0.320 e. The van der Waals surface area contributed by atoms with Crippen LogP contribution in [0, 0.1) is 5.82 Å². The summed E-state index contributed by atoms with van der Waals surface area (Å²) in [7, 11) is 0. The molecule has 2 rings (SSSR count). The summed E-state index contributed by atoms with van der Waals surface area (Å²) in [5.74, 6) is -0.561. The summed E-state index contributed by atoms with van der Waals surface area (Å²) in [5.41, 5.74) is 0.104. The van der Waals surface area contributed by atoms with Gasteiger partial charge in [-0.1, -0.05) is 0 Å². The molecular formula is C12H9F3N2O2. The average Bonchev–Trinajstić information content (AvgIpc) is 2.84. The third-order valence-corrected chi connectivity index (χ3v) is 2.36. The maximum atomic E-state index is 13.1. The van der Waals surface area contributed by atoms with Crippen molar-refractivity contribution in [1.82, 2.24) is 9.55 Å². The zero-order chi connectivity index (χ0) is 13.8. The molecule has 0 spiro atoms. The van der Waals surface area contributed by atoms with E-state index in [2.05, 4.69) is 4.98 Å². The van der Waals surface area contributed by atoms with Gasteiger partial charge in [-0.05, 0) is 12.1 Å². The van der Waals surface area contributed by atoms with E-state index in [-0.39, 0.29) is 23.7 Å². The molecule has 100 valence electrons. The van der Waals surface area contributed by atoms with Gasteiger partial charge in [-0.15, -0.1) is 0 Å². The largest absolute Gasteiger partial charge is 0.486 e. The first-order valence-corrected chi connectivity index (χ1v) is 5.28. The molecule has 0 radical (unpaired) electrons. The highest BCUT2D eigenvalue weighted by molar-refractivity contribution is 5.75. The van der Waals surface area contributed by atoms with E-state index >= 15 is 0 Å². The predicted octanol–water partition coefficient (Wildman–Crippen LogP) is 2.81. The highest BCUT2D eigenvalue weighted by Gasteiger charge is 2.12. The van der Waals surface area contributed by atoms with Crippen molar-refractivity contribution in [3.05, 3.63) is 47.8 Å². The van der Waals surface area contributed by atoms with Crippen molar-refractivity contribution in [1.29, 1.82) is 0 Å². The number of ether oxygens (including phenoxy) is 1. The maximum absolute atomic E-state index is 13.1. The Morgan fingerprint density at radius 2 is 2.16 bits per heavy atom. The second-order valence-electron chi connectivity index (χ2n) is 3.66. The van der Waals surface area contributed by atoms with Crippen LogP contribution >= 0.6 is 0 Å². The molecule has 0 aliphatic rings. The van der Waals surface area contributed by atoms with Crippen LogP contribution in [-0.4, -0.2) is 15.8 Å². The summed E-state index contributed by atoms with van der Waals surface area (Å²) in [5, 5.41) is 0. The number of halogens is 3. The molecule has 2 aromatic rings. The first kappa shape index (κ1) is 13.1. The van der Waals surface area contributed by atoms with Crippen molar-refractivity contribution in [2.24, 2.45) is 0 Å². The van der Waals surface area contributed by atoms with E-state index in [1.54, 1.807) is 0 Å². The smallest absolute Gasteiger partial charge is 0.320 e. The molecular weight excluding hydrogens is 261 g/mol. The second kappa shape index (κ2) is 5.55. The first-order valence-electron chi connectivity index (χ1n) is 5.28. The monoisotopic (exact) mass is 270 g/mol. The number of carbonyl (C=O) groups is 1. The third kappa shape index (κ3) is 3.12. The lowest BCUT2D eigenvalue weighted by molar-refractivity contribution is 0.0632. The Hall–Kier alpha value is -2.31. The summed E-state index contributed by atoms with van der Waals surface area (Å²) in [6, 6.07) is 3.41. The van der Waals surface area contributed by atoms with Gasteiger partial charge in [0.1, 0.15) is 24.5 Å². The molecule has 19 heavy (non-hydrogen) atoms. The van der Waals surface area contributed by atoms with Gasteiger partial charge in [0.2, 0.25) is 0 Å². The molecule has 1 heterocycles. The van der Waals surface area contributed by atoms with Crippen LogP contribution in [-0.2, 0) is 6.61 Å². The molecule has 0 aliphatic heterocycles. The quantitative estimate of drug-likeness (QED) is 0.785. The van der Waals surface area contributed by atoms with E-state index in [0.717, 1.165) is 18.3 Å². The molecule has 0 amide bonds. The van der Waals surface area contributed by atoms with Crippen molar-refractivity contribution in [3.63, 3.8) is 0 Å². The molecule has 1 aromatic carbocycles. The van der Waals surface area contributed by atoms with E-state index in [1.807, 2.05) is 0 Å². The topological polar surface area (TPSA) is 44.1 Å². The van der Waals surface area contributed by atoms with Crippen molar-refractivity contribution in [2.75, 3.05) is 0 Å². The number of hydrogen-bond acceptors (Lipinski definition) is 3. The van der Waals surface area contributed by atoms with Crippen molar-refractivity contribution in [2.45, 2.75) is 13.2 Å². The van der Waals surface area contributed by atoms with Gasteiger partial charge in [0.15, 0.2) is 5.82 Å². The molecule has 0 bridgehead atoms. The second-order valence-corrected chi connectivity index (χ2v) is 3.66. The highest BCUT2D eigenvalue weighted by Crippen LogP contribution is 2.18. The molecule has 0 saturated heterocycles. The zero-order valence-electron chi connectivity index (χ0n) is 9.59. The van der Waals surface area contributed by atoms with Gasteiger partial charge in [-0.2, -0.15) is 8.78 Å². The predicted molar refractivity (Wildman–Crippen MR) is 59.6 cm³/mol. The molecule has 7 heteroatoms. The van der Waals surface area contributed by atoms with Crippen LogP contribution in [0.4, 0.5) is 13.2 Å². The SMILES string of the molecule is O=Cc1cc(F)cc(OCc2nccn2C(F)F)c1. The van der Waals surface area contributed by atoms with Crippen LogP contribution in [0.2, 0.25) is 0 Å². The van der Waals surface area contributed by atoms with Gasteiger partial charge in [0.25, 0.3) is 0 Å². The number of nitrogens with zero attached hydrogens (tertiary/aromatic N) is 2. The Morgan fingerprint density at radius 3 is 2.84 bits per heavy atom. The fourth-order valence-corrected chi connectivity index (χ4v) is 1.52. The summed E-state index contributed by atoms with van der Waals surface area (Å²) >= 11 is 0. The number of aromatic nitrogens is 2. The Morgan fingerprint density at radius 1 is 1.37 bits per heavy atom. The van der Waals surface area contributed by atoms with Gasteiger partial charge >= 0.3 is 6.55 Å². The van der Waals surface area contributed by atoms with E-state index in [9.17, 15) is 18.0 Å². The lowest BCUT2D eigenvalue weighted by atomic mass is 10.2. The molecule has 0 aliphatic carbocycles. The molecule has 0 N–H and O–H groups in total. The van der Waals surface area contributed by atoms with Gasteiger partial charge in [-0.3, -0.25) is 9.36 Å². The Balaban J connectivity index is 2.12. The normalized spacial score (nSPS) is 10.7. The summed E-state index contributed by atoms with van der Waals surface area (Å²) < 4.78 is 44.0. The van der Waals surface area contributed by atoms with Crippen LogP contribution in [0.15, 0.2) is 30.6 Å². The minimum atomic E-state index is -2.72. The summed E-state index contributed by atoms with van der Waals surface area (Å²) in [4.78, 5) is 14.3. The van der Waals surface area contributed by atoms with Crippen LogP contribution < -0.4 is 4.74 Å². The Bertz CT molecular complexity index is 584. The van der Waals surface area contributed by atoms with E-state index < -0.39 is 12.4 Å². The van der Waals surface area contributed by atoms with Crippen LogP contribution in [0.25, 0.3) is 0 Å². The fraction of sp³-hybridized carbons (Fsp3) is 0.167. The van der Waals surface area contributed by atoms with Gasteiger partial charge in [-0.25, -0.2) is 9.37 Å². The van der Waals surface area contributed by atoms with E-state index in [0.29, 0.717) is 10.9 Å². The number of hydrogen-bond donors (Lipinski definition) is 0. The van der Waals surface area contributed by atoms with Gasteiger partial charge in [0, 0.05) is 24.0 Å². The number of benzene rings is 1. The van der Waals surface area contributed by atoms with Gasteiger partial charge < -0.3 is 4.74 Å². The van der Waals surface area contributed by atoms with Crippen LogP contribution in [0.1, 0.15) is 22.7 Å². The molecule has 0 saturated carbocycles. The lowest BCUT2D eigenvalue weighted by Crippen LogP contribution is -2.07. The number of aldehydes is 1. The van der Waals surface area contributed by atoms with E-state index in [4.69, 9.17) is 4.74 Å². The molecule has 0 atom stereocenters. The zero-order valence-corrected chi connectivity index (χ0v) is 9.59. The van der Waals surface area contributed by atoms with Crippen molar-refractivity contribution < 1.29 is 22.7 Å². The summed E-state index contributed by atoms with van der Waals surface area (Å²) in [6.07, 6.45) is 2.80. The van der Waals surface area contributed by atoms with Crippen molar-refractivity contribution >= 4 is 6.29 Å². The number of alkyl halides is 2. The number of rotatable bonds is 5.